The van der Waals surface area contributed by atoms with Crippen molar-refractivity contribution in [2.24, 2.45) is 0 Å². The molecule has 0 unspecified atom stereocenters. The van der Waals surface area contributed by atoms with Crippen molar-refractivity contribution >= 4 is 27.6 Å². The summed E-state index contributed by atoms with van der Waals surface area (Å²) in [6.45, 7) is -0.761. The largest absolute Gasteiger partial charge is 0.454 e. The molecule has 35 heavy (non-hydrogen) atoms. The van der Waals surface area contributed by atoms with E-state index in [-0.39, 0.29) is 10.6 Å². The highest BCUT2D eigenvalue weighted by Crippen LogP contribution is 2.28. The van der Waals surface area contributed by atoms with E-state index < -0.39 is 52.4 Å². The van der Waals surface area contributed by atoms with E-state index in [1.165, 1.54) is 28.6 Å². The molecule has 0 aliphatic carbocycles. The molecular weight excluding hydrogens is 491 g/mol. The monoisotopic (exact) mass is 515 g/mol. The molecule has 1 fully saturated rings. The van der Waals surface area contributed by atoms with Gasteiger partial charge in [-0.1, -0.05) is 18.9 Å². The molecule has 9 nitrogen and oxygen atoms in total. The van der Waals surface area contributed by atoms with Crippen LogP contribution in [0.5, 0.6) is 0 Å². The summed E-state index contributed by atoms with van der Waals surface area (Å²) in [7, 11) is -3.74. The normalized spacial score (nSPS) is 15.3. The first-order valence-electron chi connectivity index (χ1n) is 10.8. The molecule has 0 radical (unpaired) electrons. The first kappa shape index (κ1) is 26.4. The standard InChI is InChI=1S/C22H24F3N3O6S/c23-22(24,25)16-8-9-20(30)27(13-16)14-21(31)34-15-19(29)26-17-6-5-7-18(12-17)35(32,33)28-10-3-1-2-4-11-28/h5-9,12-13H,1-4,10-11,14-15H2,(H,26,29). The number of halogens is 3. The van der Waals surface area contributed by atoms with Crippen molar-refractivity contribution in [3.63, 3.8) is 0 Å². The average molecular weight is 516 g/mol. The van der Waals surface area contributed by atoms with Gasteiger partial charge >= 0.3 is 12.1 Å². The minimum atomic E-state index is -4.70. The Morgan fingerprint density at radius 2 is 1.71 bits per heavy atom. The zero-order valence-corrected chi connectivity index (χ0v) is 19.4. The quantitative estimate of drug-likeness (QED) is 0.567. The Morgan fingerprint density at radius 1 is 1.03 bits per heavy atom. The lowest BCUT2D eigenvalue weighted by molar-refractivity contribution is -0.148. The Kier molecular flexibility index (Phi) is 8.33. The third kappa shape index (κ3) is 7.15. The van der Waals surface area contributed by atoms with Gasteiger partial charge in [0.2, 0.25) is 10.0 Å². The predicted octanol–water partition coefficient (Wildman–Crippen LogP) is 2.61. The molecule has 0 spiro atoms. The van der Waals surface area contributed by atoms with Crippen molar-refractivity contribution < 1.29 is 35.9 Å². The van der Waals surface area contributed by atoms with Gasteiger partial charge in [0, 0.05) is 31.0 Å². The number of carbonyl (C=O) groups is 2. The highest BCUT2D eigenvalue weighted by Gasteiger charge is 2.31. The van der Waals surface area contributed by atoms with Gasteiger partial charge in [0.15, 0.2) is 6.61 Å². The first-order chi connectivity index (χ1) is 16.5. The second-order valence-corrected chi connectivity index (χ2v) is 9.87. The average Bonchev–Trinajstić information content (AvgIpc) is 3.09. The summed E-state index contributed by atoms with van der Waals surface area (Å²) in [5.74, 6) is -1.89. The van der Waals surface area contributed by atoms with Crippen LogP contribution in [0.3, 0.4) is 0 Å². The van der Waals surface area contributed by atoms with Crippen LogP contribution in [0, 0.1) is 0 Å². The van der Waals surface area contributed by atoms with Gasteiger partial charge in [-0.25, -0.2) is 8.42 Å². The van der Waals surface area contributed by atoms with E-state index in [0.717, 1.165) is 25.7 Å². The van der Waals surface area contributed by atoms with Crippen LogP contribution >= 0.6 is 0 Å². The van der Waals surface area contributed by atoms with Gasteiger partial charge in [0.05, 0.1) is 10.5 Å². The lowest BCUT2D eigenvalue weighted by Gasteiger charge is -2.20. The number of pyridine rings is 1. The van der Waals surface area contributed by atoms with Gasteiger partial charge in [0.1, 0.15) is 6.54 Å². The van der Waals surface area contributed by atoms with E-state index >= 15 is 0 Å². The number of nitrogens with zero attached hydrogens (tertiary/aromatic N) is 2. The zero-order valence-electron chi connectivity index (χ0n) is 18.6. The molecule has 1 aromatic heterocycles. The zero-order chi connectivity index (χ0) is 25.6. The van der Waals surface area contributed by atoms with E-state index in [1.54, 1.807) is 0 Å². The van der Waals surface area contributed by atoms with Crippen molar-refractivity contribution in [3.8, 4) is 0 Å². The maximum Gasteiger partial charge on any atom is 0.417 e. The molecule has 0 saturated carbocycles. The van der Waals surface area contributed by atoms with Crippen LogP contribution in [0.25, 0.3) is 0 Å². The maximum atomic E-state index is 12.9. The molecule has 1 amide bonds. The van der Waals surface area contributed by atoms with E-state index in [2.05, 4.69) is 5.32 Å². The number of hydrogen-bond donors (Lipinski definition) is 1. The number of alkyl halides is 3. The second kappa shape index (κ2) is 11.0. The number of nitrogens with one attached hydrogen (secondary N) is 1. The van der Waals surface area contributed by atoms with Crippen LogP contribution in [-0.4, -0.2) is 48.9 Å². The number of benzene rings is 1. The summed E-state index contributed by atoms with van der Waals surface area (Å²) in [4.78, 5) is 35.8. The Bertz CT molecular complexity index is 1240. The topological polar surface area (TPSA) is 115 Å². The molecule has 1 aliphatic heterocycles. The van der Waals surface area contributed by atoms with Crippen LogP contribution in [-0.2, 0) is 37.1 Å². The number of anilines is 1. The summed E-state index contributed by atoms with van der Waals surface area (Å²) >= 11 is 0. The minimum Gasteiger partial charge on any atom is -0.454 e. The smallest absolute Gasteiger partial charge is 0.417 e. The van der Waals surface area contributed by atoms with Gasteiger partial charge in [-0.2, -0.15) is 17.5 Å². The molecule has 2 aromatic rings. The van der Waals surface area contributed by atoms with Gasteiger partial charge in [-0.3, -0.25) is 14.4 Å². The van der Waals surface area contributed by atoms with Crippen LogP contribution < -0.4 is 10.9 Å². The van der Waals surface area contributed by atoms with E-state index in [0.29, 0.717) is 36.0 Å². The van der Waals surface area contributed by atoms with Crippen LogP contribution in [0.15, 0.2) is 52.3 Å². The Balaban J connectivity index is 1.58. The number of aromatic nitrogens is 1. The fraction of sp³-hybridized carbons (Fsp3) is 0.409. The van der Waals surface area contributed by atoms with Gasteiger partial charge in [-0.15, -0.1) is 0 Å². The third-order valence-electron chi connectivity index (χ3n) is 5.30. The van der Waals surface area contributed by atoms with Gasteiger partial charge < -0.3 is 14.6 Å². The molecule has 3 rings (SSSR count). The van der Waals surface area contributed by atoms with E-state index in [1.807, 2.05) is 0 Å². The highest BCUT2D eigenvalue weighted by molar-refractivity contribution is 7.89. The number of ether oxygens (including phenoxy) is 1. The summed E-state index contributed by atoms with van der Waals surface area (Å²) < 4.78 is 70.9. The third-order valence-corrected chi connectivity index (χ3v) is 7.19. The van der Waals surface area contributed by atoms with E-state index in [4.69, 9.17) is 4.74 Å². The number of carbonyl (C=O) groups excluding carboxylic acids is 2. The van der Waals surface area contributed by atoms with Crippen molar-refractivity contribution in [2.75, 3.05) is 25.0 Å². The summed E-state index contributed by atoms with van der Waals surface area (Å²) in [6.07, 6.45) is -0.748. The highest BCUT2D eigenvalue weighted by atomic mass is 32.2. The van der Waals surface area contributed by atoms with Crippen molar-refractivity contribution in [1.82, 2.24) is 8.87 Å². The Hall–Kier alpha value is -3.19. The fourth-order valence-electron chi connectivity index (χ4n) is 3.52. The Morgan fingerprint density at radius 3 is 2.37 bits per heavy atom. The summed E-state index contributed by atoms with van der Waals surface area (Å²) in [5, 5.41) is 2.41. The number of hydrogen-bond acceptors (Lipinski definition) is 6. The maximum absolute atomic E-state index is 12.9. The molecule has 1 aliphatic rings. The van der Waals surface area contributed by atoms with Crippen molar-refractivity contribution in [1.29, 1.82) is 0 Å². The molecule has 0 atom stereocenters. The molecule has 13 heteroatoms. The number of sulfonamides is 1. The lowest BCUT2D eigenvalue weighted by atomic mass is 10.2. The number of esters is 1. The van der Waals surface area contributed by atoms with Crippen LogP contribution in [0.4, 0.5) is 18.9 Å². The molecule has 1 aromatic carbocycles. The molecule has 0 bridgehead atoms. The van der Waals surface area contributed by atoms with Crippen LogP contribution in [0.1, 0.15) is 31.2 Å². The second-order valence-electron chi connectivity index (χ2n) is 7.94. The first-order valence-corrected chi connectivity index (χ1v) is 12.2. The molecular formula is C22H24F3N3O6S. The fourth-order valence-corrected chi connectivity index (χ4v) is 5.08. The minimum absolute atomic E-state index is 0.0121. The molecule has 1 saturated heterocycles. The summed E-state index contributed by atoms with van der Waals surface area (Å²) in [6, 6.07) is 6.91. The SMILES string of the molecule is O=C(COC(=O)Cn1cc(C(F)(F)F)ccc1=O)Nc1cccc(S(=O)(=O)N2CCCCCC2)c1. The van der Waals surface area contributed by atoms with Gasteiger partial charge in [0.25, 0.3) is 11.5 Å². The summed E-state index contributed by atoms with van der Waals surface area (Å²) in [5.41, 5.74) is -1.80. The van der Waals surface area contributed by atoms with Crippen molar-refractivity contribution in [2.45, 2.75) is 43.3 Å². The number of rotatable bonds is 7. The molecule has 1 N–H and O–H groups in total. The van der Waals surface area contributed by atoms with Crippen LogP contribution in [0.2, 0.25) is 0 Å². The molecule has 190 valence electrons. The number of amides is 1. The Labute approximate surface area is 199 Å². The van der Waals surface area contributed by atoms with Crippen molar-refractivity contribution in [3.05, 3.63) is 58.5 Å². The molecule has 2 heterocycles. The van der Waals surface area contributed by atoms with Gasteiger partial charge in [-0.05, 0) is 37.1 Å². The van der Waals surface area contributed by atoms with E-state index in [9.17, 15) is 36.0 Å². The lowest BCUT2D eigenvalue weighted by Crippen LogP contribution is -2.32. The predicted molar refractivity (Wildman–Crippen MR) is 119 cm³/mol.